The minimum atomic E-state index is -0.386. The predicted molar refractivity (Wildman–Crippen MR) is 92.4 cm³/mol. The number of piperidine rings is 1. The smallest absolute Gasteiger partial charge is 0.233 e. The van der Waals surface area contributed by atoms with Crippen LogP contribution in [0.2, 0.25) is 0 Å². The van der Waals surface area contributed by atoms with Crippen LogP contribution < -0.4 is 0 Å². The van der Waals surface area contributed by atoms with Crippen LogP contribution in [0.4, 0.5) is 0 Å². The van der Waals surface area contributed by atoms with Crippen molar-refractivity contribution in [2.75, 3.05) is 26.3 Å². The Morgan fingerprint density at radius 2 is 1.65 bits per heavy atom. The van der Waals surface area contributed by atoms with Gasteiger partial charge in [0.15, 0.2) is 0 Å². The molecule has 2 saturated heterocycles. The molecule has 23 heavy (non-hydrogen) atoms. The molecule has 0 aliphatic carbocycles. The summed E-state index contributed by atoms with van der Waals surface area (Å²) in [6.45, 7) is 9.78. The first-order valence-electron chi connectivity index (χ1n) is 8.95. The van der Waals surface area contributed by atoms with Gasteiger partial charge in [0.05, 0.1) is 5.41 Å². The van der Waals surface area contributed by atoms with Gasteiger partial charge in [-0.15, -0.1) is 0 Å². The molecule has 3 heteroatoms. The largest absolute Gasteiger partial charge is 0.381 e. The van der Waals surface area contributed by atoms with Gasteiger partial charge in [-0.25, -0.2) is 0 Å². The highest BCUT2D eigenvalue weighted by atomic mass is 16.5. The zero-order chi connectivity index (χ0) is 16.4. The molecule has 1 amide bonds. The Hall–Kier alpha value is -1.35. The molecule has 0 radical (unpaired) electrons. The minimum Gasteiger partial charge on any atom is -0.381 e. The van der Waals surface area contributed by atoms with Crippen LogP contribution in [0.1, 0.15) is 44.2 Å². The van der Waals surface area contributed by atoms with Gasteiger partial charge in [-0.3, -0.25) is 4.79 Å². The molecule has 3 nitrogen and oxygen atoms in total. The van der Waals surface area contributed by atoms with Crippen LogP contribution >= 0.6 is 0 Å². The zero-order valence-electron chi connectivity index (χ0n) is 14.7. The van der Waals surface area contributed by atoms with Crippen LogP contribution in [0.25, 0.3) is 0 Å². The number of amides is 1. The highest BCUT2D eigenvalue weighted by Crippen LogP contribution is 2.38. The molecule has 0 N–H and O–H groups in total. The highest BCUT2D eigenvalue weighted by molar-refractivity contribution is 5.88. The molecule has 0 spiro atoms. The van der Waals surface area contributed by atoms with Gasteiger partial charge in [0.1, 0.15) is 0 Å². The Morgan fingerprint density at radius 3 is 2.22 bits per heavy atom. The van der Waals surface area contributed by atoms with Crippen LogP contribution in [0.15, 0.2) is 24.3 Å². The van der Waals surface area contributed by atoms with E-state index in [9.17, 15) is 4.79 Å². The minimum absolute atomic E-state index is 0.322. The SMILES string of the molecule is Cc1ccc(C2(C(=O)N3C[C@H](C)C[C@H](C)C3)CCOCC2)cc1. The summed E-state index contributed by atoms with van der Waals surface area (Å²) in [6.07, 6.45) is 2.83. The lowest BCUT2D eigenvalue weighted by Crippen LogP contribution is -2.53. The molecule has 2 fully saturated rings. The van der Waals surface area contributed by atoms with Gasteiger partial charge in [0, 0.05) is 26.3 Å². The number of carbonyl (C=O) groups is 1. The summed E-state index contributed by atoms with van der Waals surface area (Å²) < 4.78 is 5.58. The van der Waals surface area contributed by atoms with Crippen molar-refractivity contribution >= 4 is 5.91 Å². The molecule has 0 bridgehead atoms. The average molecular weight is 315 g/mol. The molecule has 1 aromatic carbocycles. The maximum Gasteiger partial charge on any atom is 0.233 e. The number of rotatable bonds is 2. The molecule has 3 rings (SSSR count). The van der Waals surface area contributed by atoms with E-state index in [1.807, 2.05) is 0 Å². The third kappa shape index (κ3) is 3.30. The van der Waals surface area contributed by atoms with Gasteiger partial charge >= 0.3 is 0 Å². The maximum absolute atomic E-state index is 13.5. The molecule has 0 saturated carbocycles. The number of nitrogens with zero attached hydrogens (tertiary/aromatic N) is 1. The van der Waals surface area contributed by atoms with Crippen LogP contribution in [-0.2, 0) is 14.9 Å². The van der Waals surface area contributed by atoms with E-state index >= 15 is 0 Å². The first-order valence-corrected chi connectivity index (χ1v) is 8.95. The second kappa shape index (κ2) is 6.64. The van der Waals surface area contributed by atoms with E-state index < -0.39 is 0 Å². The molecule has 0 aromatic heterocycles. The van der Waals surface area contributed by atoms with Gasteiger partial charge in [-0.1, -0.05) is 43.7 Å². The van der Waals surface area contributed by atoms with E-state index in [1.165, 1.54) is 17.5 Å². The second-order valence-electron chi connectivity index (χ2n) is 7.72. The molecule has 0 unspecified atom stereocenters. The lowest BCUT2D eigenvalue weighted by atomic mass is 9.72. The number of benzene rings is 1. The summed E-state index contributed by atoms with van der Waals surface area (Å²) in [5.74, 6) is 1.51. The summed E-state index contributed by atoms with van der Waals surface area (Å²) in [5, 5.41) is 0. The van der Waals surface area contributed by atoms with Crippen molar-refractivity contribution < 1.29 is 9.53 Å². The van der Waals surface area contributed by atoms with Crippen molar-refractivity contribution in [2.24, 2.45) is 11.8 Å². The summed E-state index contributed by atoms with van der Waals surface area (Å²) >= 11 is 0. The normalized spacial score (nSPS) is 27.7. The number of likely N-dealkylation sites (tertiary alicyclic amines) is 1. The zero-order valence-corrected chi connectivity index (χ0v) is 14.7. The molecule has 126 valence electrons. The molecular weight excluding hydrogens is 286 g/mol. The lowest BCUT2D eigenvalue weighted by Gasteiger charge is -2.43. The summed E-state index contributed by atoms with van der Waals surface area (Å²) in [5.41, 5.74) is 2.02. The van der Waals surface area contributed by atoms with Crippen molar-refractivity contribution in [3.8, 4) is 0 Å². The Kier molecular flexibility index (Phi) is 4.77. The third-order valence-electron chi connectivity index (χ3n) is 5.52. The Morgan fingerprint density at radius 1 is 1.09 bits per heavy atom. The van der Waals surface area contributed by atoms with Gasteiger partial charge < -0.3 is 9.64 Å². The quantitative estimate of drug-likeness (QED) is 0.835. The van der Waals surface area contributed by atoms with E-state index in [2.05, 4.69) is 49.9 Å². The van der Waals surface area contributed by atoms with E-state index in [1.54, 1.807) is 0 Å². The molecular formula is C20H29NO2. The van der Waals surface area contributed by atoms with Crippen LogP contribution in [0.3, 0.4) is 0 Å². The number of aryl methyl sites for hydroxylation is 1. The van der Waals surface area contributed by atoms with E-state index in [0.29, 0.717) is 31.0 Å². The molecule has 2 aliphatic rings. The summed E-state index contributed by atoms with van der Waals surface area (Å²) in [4.78, 5) is 15.7. The van der Waals surface area contributed by atoms with E-state index in [0.717, 1.165) is 25.9 Å². The Labute approximate surface area is 140 Å². The standard InChI is InChI=1S/C20H29NO2/c1-15-4-6-18(7-5-15)20(8-10-23-11-9-20)19(22)21-13-16(2)12-17(3)14-21/h4-7,16-17H,8-14H2,1-3H3/t16-,17+. The Bertz CT molecular complexity index is 535. The van der Waals surface area contributed by atoms with Crippen LogP contribution in [0.5, 0.6) is 0 Å². The van der Waals surface area contributed by atoms with Crippen molar-refractivity contribution in [2.45, 2.75) is 45.4 Å². The van der Waals surface area contributed by atoms with Crippen molar-refractivity contribution in [1.82, 2.24) is 4.90 Å². The highest BCUT2D eigenvalue weighted by Gasteiger charge is 2.45. The average Bonchev–Trinajstić information content (AvgIpc) is 2.54. The fourth-order valence-corrected chi connectivity index (χ4v) is 4.35. The monoisotopic (exact) mass is 315 g/mol. The van der Waals surface area contributed by atoms with Gasteiger partial charge in [0.25, 0.3) is 0 Å². The number of carbonyl (C=O) groups excluding carboxylic acids is 1. The molecule has 2 atom stereocenters. The summed E-state index contributed by atoms with van der Waals surface area (Å²) in [7, 11) is 0. The molecule has 1 aromatic rings. The van der Waals surface area contributed by atoms with Crippen molar-refractivity contribution in [1.29, 1.82) is 0 Å². The van der Waals surface area contributed by atoms with Gasteiger partial charge in [0.2, 0.25) is 5.91 Å². The van der Waals surface area contributed by atoms with E-state index in [-0.39, 0.29) is 5.41 Å². The van der Waals surface area contributed by atoms with Crippen LogP contribution in [0, 0.1) is 18.8 Å². The van der Waals surface area contributed by atoms with E-state index in [4.69, 9.17) is 4.74 Å². The summed E-state index contributed by atoms with van der Waals surface area (Å²) in [6, 6.07) is 8.55. The predicted octanol–water partition coefficient (Wildman–Crippen LogP) is 3.55. The first-order chi connectivity index (χ1) is 11.0. The molecule has 2 heterocycles. The fourth-order valence-electron chi connectivity index (χ4n) is 4.35. The first kappa shape index (κ1) is 16.5. The molecule has 2 aliphatic heterocycles. The second-order valence-corrected chi connectivity index (χ2v) is 7.72. The number of hydrogen-bond donors (Lipinski definition) is 0. The lowest BCUT2D eigenvalue weighted by molar-refractivity contribution is -0.144. The van der Waals surface area contributed by atoms with Crippen LogP contribution in [-0.4, -0.2) is 37.1 Å². The number of hydrogen-bond acceptors (Lipinski definition) is 2. The third-order valence-corrected chi connectivity index (χ3v) is 5.52. The maximum atomic E-state index is 13.5. The van der Waals surface area contributed by atoms with Gasteiger partial charge in [-0.05, 0) is 43.6 Å². The topological polar surface area (TPSA) is 29.5 Å². The van der Waals surface area contributed by atoms with Crippen molar-refractivity contribution in [3.63, 3.8) is 0 Å². The Balaban J connectivity index is 1.92. The van der Waals surface area contributed by atoms with Gasteiger partial charge in [-0.2, -0.15) is 0 Å². The van der Waals surface area contributed by atoms with Crippen molar-refractivity contribution in [3.05, 3.63) is 35.4 Å². The number of ether oxygens (including phenoxy) is 1. The fraction of sp³-hybridized carbons (Fsp3) is 0.650.